The number of H-pyrrole nitrogens is 3. The van der Waals surface area contributed by atoms with Crippen molar-refractivity contribution in [1.29, 1.82) is 0 Å². The van der Waals surface area contributed by atoms with Gasteiger partial charge in [0.2, 0.25) is 29.4 Å². The van der Waals surface area contributed by atoms with E-state index in [2.05, 4.69) is 36.8 Å². The molecule has 0 radical (unpaired) electrons. The Labute approximate surface area is 335 Å². The molecular formula is C37H45FN10O9S. The van der Waals surface area contributed by atoms with Gasteiger partial charge < -0.3 is 46.8 Å². The van der Waals surface area contributed by atoms with Crippen LogP contribution in [0.5, 0.6) is 0 Å². The summed E-state index contributed by atoms with van der Waals surface area (Å²) in [5.41, 5.74) is 3.89. The number of benzene rings is 2. The number of carbonyl (C=O) groups is 5. The molecular weight excluding hydrogens is 780 g/mol. The number of nitrogens with one attached hydrogen (secondary N) is 8. The van der Waals surface area contributed by atoms with Crippen molar-refractivity contribution in [2.75, 3.05) is 11.9 Å². The highest BCUT2D eigenvalue weighted by molar-refractivity contribution is 7.71. The van der Waals surface area contributed by atoms with Crippen LogP contribution < -0.4 is 43.6 Å². The Morgan fingerprint density at radius 2 is 1.62 bits per heavy atom. The molecule has 5 amide bonds. The molecule has 0 spiro atoms. The van der Waals surface area contributed by atoms with Crippen LogP contribution in [0.2, 0.25) is 0 Å². The van der Waals surface area contributed by atoms with Gasteiger partial charge in [0.25, 0.3) is 22.2 Å². The Morgan fingerprint density at radius 3 is 2.26 bits per heavy atom. The third-order valence-electron chi connectivity index (χ3n) is 8.61. The zero-order chi connectivity index (χ0) is 42.7. The molecule has 4 aromatic rings. The first-order valence-corrected chi connectivity index (χ1v) is 18.5. The van der Waals surface area contributed by atoms with Gasteiger partial charge in [0.1, 0.15) is 23.8 Å². The fraction of sp³-hybridized carbons (Fsp3) is 0.378. The van der Waals surface area contributed by atoms with E-state index < -0.39 is 95.0 Å². The maximum Gasteiger partial charge on any atom is 0.326 e. The lowest BCUT2D eigenvalue weighted by molar-refractivity contribution is -0.134. The summed E-state index contributed by atoms with van der Waals surface area (Å²) < 4.78 is 19.4. The van der Waals surface area contributed by atoms with Crippen molar-refractivity contribution >= 4 is 47.4 Å². The normalized spacial score (nSPS) is 13.8. The predicted octanol–water partition coefficient (Wildman–Crippen LogP) is 0.371. The number of amides is 5. The molecule has 0 bridgehead atoms. The molecule has 2 aromatic heterocycles. The Balaban J connectivity index is 1.46. The molecule has 5 atom stereocenters. The molecule has 0 saturated carbocycles. The third-order valence-corrected chi connectivity index (χ3v) is 8.78. The highest BCUT2D eigenvalue weighted by atomic mass is 32.1. The molecule has 0 aliphatic rings. The molecule has 2 aromatic carbocycles. The average Bonchev–Trinajstić information content (AvgIpc) is 3.62. The smallest absolute Gasteiger partial charge is 0.326 e. The van der Waals surface area contributed by atoms with E-state index in [1.165, 1.54) is 0 Å². The fourth-order valence-electron chi connectivity index (χ4n) is 5.65. The number of aromatic nitrogens is 4. The topological polar surface area (TPSA) is 299 Å². The van der Waals surface area contributed by atoms with E-state index >= 15 is 0 Å². The Bertz CT molecular complexity index is 2270. The maximum absolute atomic E-state index is 14.1. The highest BCUT2D eigenvalue weighted by Crippen LogP contribution is 2.21. The van der Waals surface area contributed by atoms with Gasteiger partial charge in [0, 0.05) is 17.8 Å². The van der Waals surface area contributed by atoms with Crippen LogP contribution in [0.3, 0.4) is 0 Å². The summed E-state index contributed by atoms with van der Waals surface area (Å²) in [6, 6.07) is 10.2. The lowest BCUT2D eigenvalue weighted by atomic mass is 9.97. The third kappa shape index (κ3) is 12.3. The minimum atomic E-state index is -1.78. The van der Waals surface area contributed by atoms with Crippen LogP contribution in [-0.2, 0) is 25.6 Å². The number of rotatable bonds is 18. The summed E-state index contributed by atoms with van der Waals surface area (Å²) >= 11 is 4.94. The standard InChI is InChI=1S/C37H45FN10O9S/c1-17(2)13-24(43-33(54)26(18(3)4)44-29(50)22(39)16-40-32(53)27-25(38)31(52)46-36(56)45-27)30(51)42-23(14-19-9-6-5-7-10-19)28(49)34(55)41-21-12-8-11-20(15-21)35-47-48-37(58)57-35/h5-12,15,17-18,22-24,26,28,49H,13-14,16,39H2,1-4H3,(H,40,53)(H,41,55)(H,42,51)(H,43,54)(H,44,50)(H,48,58)(H2,45,46,52,56)/t22-,23-,24-,26-,28+/m0/s1. The molecule has 58 heavy (non-hydrogen) atoms. The summed E-state index contributed by atoms with van der Waals surface area (Å²) in [6.45, 7) is 6.31. The second kappa shape index (κ2) is 20.2. The van der Waals surface area contributed by atoms with Crippen molar-refractivity contribution < 1.29 is 37.9 Å². The quantitative estimate of drug-likeness (QED) is 0.0609. The van der Waals surface area contributed by atoms with Crippen molar-refractivity contribution in [2.45, 2.75) is 70.8 Å². The summed E-state index contributed by atoms with van der Waals surface area (Å²) in [4.78, 5) is 93.1. The molecule has 0 aliphatic heterocycles. The molecule has 19 nitrogen and oxygen atoms in total. The number of aromatic amines is 3. The van der Waals surface area contributed by atoms with Gasteiger partial charge in [0.15, 0.2) is 6.10 Å². The second-order valence-corrected chi connectivity index (χ2v) is 14.4. The number of aliphatic hydroxyl groups is 1. The second-order valence-electron chi connectivity index (χ2n) is 14.1. The summed E-state index contributed by atoms with van der Waals surface area (Å²) in [7, 11) is 0. The molecule has 0 unspecified atom stereocenters. The first kappa shape index (κ1) is 44.4. The Morgan fingerprint density at radius 1 is 0.914 bits per heavy atom. The molecule has 4 rings (SSSR count). The number of nitrogens with zero attached hydrogens (tertiary/aromatic N) is 1. The number of nitrogens with two attached hydrogens (primary N) is 1. The lowest BCUT2D eigenvalue weighted by Gasteiger charge is -2.29. The molecule has 0 fully saturated rings. The van der Waals surface area contributed by atoms with E-state index in [0.29, 0.717) is 16.8 Å². The molecule has 0 aliphatic carbocycles. The van der Waals surface area contributed by atoms with Gasteiger partial charge in [-0.05, 0) is 60.7 Å². The van der Waals surface area contributed by atoms with Crippen LogP contribution in [0.4, 0.5) is 10.1 Å². The van der Waals surface area contributed by atoms with Gasteiger partial charge in [0.05, 0.1) is 6.04 Å². The van der Waals surface area contributed by atoms with Crippen LogP contribution in [0.15, 0.2) is 68.6 Å². The minimum Gasteiger partial charge on any atom is -0.409 e. The van der Waals surface area contributed by atoms with Gasteiger partial charge in [-0.25, -0.2) is 9.89 Å². The first-order chi connectivity index (χ1) is 27.4. The van der Waals surface area contributed by atoms with E-state index in [-0.39, 0.29) is 29.5 Å². The molecule has 0 saturated heterocycles. The van der Waals surface area contributed by atoms with E-state index in [4.69, 9.17) is 22.4 Å². The monoisotopic (exact) mass is 824 g/mol. The largest absolute Gasteiger partial charge is 0.409 e. The Hall–Kier alpha value is -6.32. The van der Waals surface area contributed by atoms with Gasteiger partial charge in [-0.15, -0.1) is 5.10 Å². The maximum atomic E-state index is 14.1. The van der Waals surface area contributed by atoms with E-state index in [1.807, 2.05) is 18.8 Å². The van der Waals surface area contributed by atoms with Gasteiger partial charge in [-0.1, -0.05) is 64.1 Å². The first-order valence-electron chi connectivity index (χ1n) is 18.1. The van der Waals surface area contributed by atoms with Gasteiger partial charge in [-0.3, -0.25) is 33.8 Å². The van der Waals surface area contributed by atoms with Crippen molar-refractivity contribution in [3.05, 3.63) is 97.3 Å². The van der Waals surface area contributed by atoms with E-state index in [1.54, 1.807) is 73.4 Å². The number of anilines is 1. The zero-order valence-corrected chi connectivity index (χ0v) is 32.7. The number of carbonyl (C=O) groups excluding carboxylic acids is 5. The molecule has 21 heteroatoms. The summed E-state index contributed by atoms with van der Waals surface area (Å²) in [5, 5.41) is 30.6. The molecule has 2 heterocycles. The van der Waals surface area contributed by atoms with Crippen molar-refractivity contribution in [1.82, 2.24) is 41.4 Å². The summed E-state index contributed by atoms with van der Waals surface area (Å²) in [6.07, 6.45) is -1.62. The van der Waals surface area contributed by atoms with Gasteiger partial charge in [-0.2, -0.15) is 4.39 Å². The highest BCUT2D eigenvalue weighted by Gasteiger charge is 2.34. The van der Waals surface area contributed by atoms with Crippen LogP contribution in [0.25, 0.3) is 11.5 Å². The minimum absolute atomic E-state index is 0.0277. The summed E-state index contributed by atoms with van der Waals surface area (Å²) in [5.74, 6) is -6.47. The zero-order valence-electron chi connectivity index (χ0n) is 31.9. The SMILES string of the molecule is CC(C)C[C@H](NC(=O)[C@@H](NC(=O)[C@@H](N)CNC(=O)c1[nH]c(=O)[nH]c(=O)c1F)C(C)C)C(=O)N[C@@H](Cc1ccccc1)[C@@H](O)C(=O)Nc1cccc(-c2n[nH]c(=S)o2)c1. The lowest BCUT2D eigenvalue weighted by Crippen LogP contribution is -2.60. The van der Waals surface area contributed by atoms with Crippen LogP contribution in [-0.4, -0.2) is 91.6 Å². The van der Waals surface area contributed by atoms with Crippen LogP contribution >= 0.6 is 12.2 Å². The van der Waals surface area contributed by atoms with Crippen molar-refractivity contribution in [3.8, 4) is 11.5 Å². The van der Waals surface area contributed by atoms with Gasteiger partial charge >= 0.3 is 5.69 Å². The number of hydrogen-bond acceptors (Lipinski definition) is 12. The van der Waals surface area contributed by atoms with Crippen LogP contribution in [0, 0.1) is 22.5 Å². The van der Waals surface area contributed by atoms with Crippen LogP contribution in [0.1, 0.15) is 50.2 Å². The number of halogens is 1. The number of hydrogen-bond donors (Lipinski definition) is 10. The molecule has 310 valence electrons. The van der Waals surface area contributed by atoms with E-state index in [9.17, 15) is 43.1 Å². The average molecular weight is 825 g/mol. The molecule has 11 N–H and O–H groups in total. The Kier molecular flexibility index (Phi) is 15.5. The van der Waals surface area contributed by atoms with Crippen molar-refractivity contribution in [3.63, 3.8) is 0 Å². The van der Waals surface area contributed by atoms with Crippen molar-refractivity contribution in [2.24, 2.45) is 17.6 Å². The predicted molar refractivity (Wildman–Crippen MR) is 210 cm³/mol. The number of aliphatic hydroxyl groups excluding tert-OH is 1. The fourth-order valence-corrected chi connectivity index (χ4v) is 5.77. The van der Waals surface area contributed by atoms with E-state index in [0.717, 1.165) is 0 Å².